The monoisotopic (exact) mass is 448 g/mol. The molecule has 0 atom stereocenters. The predicted octanol–water partition coefficient (Wildman–Crippen LogP) is 4.04. The van der Waals surface area contributed by atoms with E-state index < -0.39 is 5.60 Å². The molecular formula is C20H25BrN4O3. The molecule has 8 heteroatoms. The number of fused-ring (bicyclic) bond motifs is 1. The van der Waals surface area contributed by atoms with E-state index in [1.54, 1.807) is 9.58 Å². The molecule has 1 aliphatic rings. The van der Waals surface area contributed by atoms with Gasteiger partial charge in [-0.3, -0.25) is 9.48 Å². The number of hydrogen-bond acceptors (Lipinski definition) is 4. The Morgan fingerprint density at radius 1 is 1.29 bits per heavy atom. The van der Waals surface area contributed by atoms with Crippen molar-refractivity contribution in [2.24, 2.45) is 7.05 Å². The minimum Gasteiger partial charge on any atom is -0.444 e. The molecule has 0 radical (unpaired) electrons. The van der Waals surface area contributed by atoms with Crippen molar-refractivity contribution in [3.8, 4) is 0 Å². The molecular weight excluding hydrogens is 424 g/mol. The third-order valence-corrected chi connectivity index (χ3v) is 5.04. The van der Waals surface area contributed by atoms with Gasteiger partial charge < -0.3 is 15.0 Å². The number of carbonyl (C=O) groups excluding carboxylic acids is 2. The van der Waals surface area contributed by atoms with E-state index in [4.69, 9.17) is 4.74 Å². The standard InChI is InChI=1S/C20H25BrN4O3/c1-12-10-13(21)6-7-15(12)22-18(26)17-14-11-25(19(27)28-20(2,3)4)9-8-16(14)24(5)23-17/h6-7,10H,8-9,11H2,1-5H3,(H,22,26). The highest BCUT2D eigenvalue weighted by Gasteiger charge is 2.31. The summed E-state index contributed by atoms with van der Waals surface area (Å²) in [7, 11) is 1.82. The molecule has 1 aromatic heterocycles. The summed E-state index contributed by atoms with van der Waals surface area (Å²) >= 11 is 3.42. The highest BCUT2D eigenvalue weighted by molar-refractivity contribution is 9.10. The Bertz CT molecular complexity index is 930. The molecule has 0 unspecified atom stereocenters. The van der Waals surface area contributed by atoms with Crippen LogP contribution in [0.2, 0.25) is 0 Å². The third-order valence-electron chi connectivity index (χ3n) is 4.55. The summed E-state index contributed by atoms with van der Waals surface area (Å²) in [6.45, 7) is 8.28. The van der Waals surface area contributed by atoms with Gasteiger partial charge in [0.1, 0.15) is 5.60 Å². The molecule has 1 aliphatic heterocycles. The molecule has 2 heterocycles. The zero-order chi connectivity index (χ0) is 20.6. The molecule has 0 saturated carbocycles. The number of halogens is 1. The maximum absolute atomic E-state index is 12.9. The van der Waals surface area contributed by atoms with E-state index in [1.165, 1.54) is 0 Å². The average Bonchev–Trinajstić information content (AvgIpc) is 2.92. The molecule has 1 N–H and O–H groups in total. The topological polar surface area (TPSA) is 76.5 Å². The van der Waals surface area contributed by atoms with E-state index in [0.717, 1.165) is 27.0 Å². The van der Waals surface area contributed by atoms with Gasteiger partial charge >= 0.3 is 6.09 Å². The fourth-order valence-corrected chi connectivity index (χ4v) is 3.68. The van der Waals surface area contributed by atoms with Crippen LogP contribution in [0, 0.1) is 6.92 Å². The minimum absolute atomic E-state index is 0.284. The van der Waals surface area contributed by atoms with Crippen LogP contribution >= 0.6 is 15.9 Å². The number of rotatable bonds is 2. The van der Waals surface area contributed by atoms with E-state index in [1.807, 2.05) is 52.9 Å². The van der Waals surface area contributed by atoms with Crippen LogP contribution in [-0.2, 0) is 24.8 Å². The van der Waals surface area contributed by atoms with Gasteiger partial charge in [-0.1, -0.05) is 15.9 Å². The molecule has 0 aliphatic carbocycles. The zero-order valence-corrected chi connectivity index (χ0v) is 18.4. The normalized spacial score (nSPS) is 13.9. The SMILES string of the molecule is Cc1cc(Br)ccc1NC(=O)c1nn(C)c2c1CN(C(=O)OC(C)(C)C)CC2. The number of hydrogen-bond donors (Lipinski definition) is 1. The second-order valence-electron chi connectivity index (χ2n) is 7.96. The van der Waals surface area contributed by atoms with E-state index >= 15 is 0 Å². The maximum atomic E-state index is 12.9. The third kappa shape index (κ3) is 4.38. The Hall–Kier alpha value is -2.35. The molecule has 28 heavy (non-hydrogen) atoms. The smallest absolute Gasteiger partial charge is 0.410 e. The molecule has 0 bridgehead atoms. The van der Waals surface area contributed by atoms with Crippen LogP contribution in [0.1, 0.15) is 48.1 Å². The van der Waals surface area contributed by atoms with E-state index in [0.29, 0.717) is 25.2 Å². The van der Waals surface area contributed by atoms with Gasteiger partial charge in [0.15, 0.2) is 5.69 Å². The second kappa shape index (κ2) is 7.58. The molecule has 0 fully saturated rings. The second-order valence-corrected chi connectivity index (χ2v) is 8.88. The fourth-order valence-electron chi connectivity index (χ4n) is 3.21. The maximum Gasteiger partial charge on any atom is 0.410 e. The van der Waals surface area contributed by atoms with Crippen LogP contribution in [0.3, 0.4) is 0 Å². The van der Waals surface area contributed by atoms with Crippen molar-refractivity contribution < 1.29 is 14.3 Å². The van der Waals surface area contributed by atoms with Crippen molar-refractivity contribution >= 4 is 33.6 Å². The summed E-state index contributed by atoms with van der Waals surface area (Å²) < 4.78 is 8.15. The number of ether oxygens (including phenoxy) is 1. The summed E-state index contributed by atoms with van der Waals surface area (Å²) in [5.74, 6) is -0.284. The number of aromatic nitrogens is 2. The van der Waals surface area contributed by atoms with E-state index in [2.05, 4.69) is 26.3 Å². The molecule has 2 aromatic rings. The van der Waals surface area contributed by atoms with Gasteiger partial charge in [-0.05, 0) is 51.5 Å². The molecule has 0 spiro atoms. The van der Waals surface area contributed by atoms with Gasteiger partial charge in [0.25, 0.3) is 5.91 Å². The van der Waals surface area contributed by atoms with Crippen molar-refractivity contribution in [2.75, 3.05) is 11.9 Å². The first-order valence-corrected chi connectivity index (χ1v) is 9.94. The Kier molecular flexibility index (Phi) is 5.52. The lowest BCUT2D eigenvalue weighted by Gasteiger charge is -2.30. The summed E-state index contributed by atoms with van der Waals surface area (Å²) in [4.78, 5) is 27.0. The molecule has 2 amide bonds. The largest absolute Gasteiger partial charge is 0.444 e. The molecule has 7 nitrogen and oxygen atoms in total. The highest BCUT2D eigenvalue weighted by atomic mass is 79.9. The lowest BCUT2D eigenvalue weighted by Crippen LogP contribution is -2.40. The summed E-state index contributed by atoms with van der Waals surface area (Å²) in [6.07, 6.45) is 0.250. The number of nitrogens with zero attached hydrogens (tertiary/aromatic N) is 3. The van der Waals surface area contributed by atoms with Gasteiger partial charge in [-0.15, -0.1) is 0 Å². The lowest BCUT2D eigenvalue weighted by molar-refractivity contribution is 0.0222. The number of benzene rings is 1. The molecule has 1 aromatic carbocycles. The minimum atomic E-state index is -0.564. The van der Waals surface area contributed by atoms with Crippen molar-refractivity contribution in [1.29, 1.82) is 0 Å². The van der Waals surface area contributed by atoms with E-state index in [9.17, 15) is 9.59 Å². The molecule has 3 rings (SSSR count). The van der Waals surface area contributed by atoms with Crippen molar-refractivity contribution in [3.63, 3.8) is 0 Å². The van der Waals surface area contributed by atoms with Crippen LogP contribution in [0.5, 0.6) is 0 Å². The molecule has 150 valence electrons. The number of amides is 2. The molecule has 0 saturated heterocycles. The first kappa shape index (κ1) is 20.4. The van der Waals surface area contributed by atoms with Crippen LogP contribution in [0.4, 0.5) is 10.5 Å². The lowest BCUT2D eigenvalue weighted by atomic mass is 10.0. The van der Waals surface area contributed by atoms with Crippen molar-refractivity contribution in [2.45, 2.75) is 46.3 Å². The van der Waals surface area contributed by atoms with Crippen LogP contribution in [-0.4, -0.2) is 38.8 Å². The Labute approximate surface area is 173 Å². The first-order valence-electron chi connectivity index (χ1n) is 9.15. The van der Waals surface area contributed by atoms with Crippen LogP contribution < -0.4 is 5.32 Å². The Balaban J connectivity index is 1.83. The Morgan fingerprint density at radius 2 is 2.00 bits per heavy atom. The van der Waals surface area contributed by atoms with Gasteiger partial charge in [0.2, 0.25) is 0 Å². The highest BCUT2D eigenvalue weighted by Crippen LogP contribution is 2.26. The van der Waals surface area contributed by atoms with Crippen molar-refractivity contribution in [3.05, 3.63) is 45.2 Å². The zero-order valence-electron chi connectivity index (χ0n) is 16.8. The van der Waals surface area contributed by atoms with Crippen LogP contribution in [0.25, 0.3) is 0 Å². The van der Waals surface area contributed by atoms with Crippen LogP contribution in [0.15, 0.2) is 22.7 Å². The number of nitrogens with one attached hydrogen (secondary N) is 1. The van der Waals surface area contributed by atoms with E-state index in [-0.39, 0.29) is 12.0 Å². The fraction of sp³-hybridized carbons (Fsp3) is 0.450. The number of anilines is 1. The van der Waals surface area contributed by atoms with Gasteiger partial charge in [0.05, 0.1) is 6.54 Å². The number of carbonyl (C=O) groups is 2. The average molecular weight is 449 g/mol. The van der Waals surface area contributed by atoms with Crippen molar-refractivity contribution in [1.82, 2.24) is 14.7 Å². The van der Waals surface area contributed by atoms with Gasteiger partial charge in [0, 0.05) is 41.4 Å². The predicted molar refractivity (Wildman–Crippen MR) is 110 cm³/mol. The van der Waals surface area contributed by atoms with Gasteiger partial charge in [-0.2, -0.15) is 5.10 Å². The van der Waals surface area contributed by atoms with Gasteiger partial charge in [-0.25, -0.2) is 4.79 Å². The first-order chi connectivity index (χ1) is 13.0. The Morgan fingerprint density at radius 3 is 2.64 bits per heavy atom. The summed E-state index contributed by atoms with van der Waals surface area (Å²) in [5.41, 5.74) is 3.19. The number of aryl methyl sites for hydroxylation is 2. The summed E-state index contributed by atoms with van der Waals surface area (Å²) in [5, 5.41) is 7.35. The quantitative estimate of drug-likeness (QED) is 0.751. The summed E-state index contributed by atoms with van der Waals surface area (Å²) in [6, 6.07) is 5.66.